The van der Waals surface area contributed by atoms with Gasteiger partial charge >= 0.3 is 0 Å². The van der Waals surface area contributed by atoms with Gasteiger partial charge in [0.1, 0.15) is 0 Å². The average Bonchev–Trinajstić information content (AvgIpc) is 2.82. The van der Waals surface area contributed by atoms with Gasteiger partial charge < -0.3 is 15.1 Å². The van der Waals surface area contributed by atoms with E-state index in [0.29, 0.717) is 12.5 Å². The lowest BCUT2D eigenvalue weighted by molar-refractivity contribution is 0.0645. The van der Waals surface area contributed by atoms with Crippen molar-refractivity contribution in [1.82, 2.24) is 4.90 Å². The van der Waals surface area contributed by atoms with E-state index in [4.69, 9.17) is 5.11 Å². The molecule has 2 fully saturated rings. The smallest absolute Gasteiger partial charge is 0.0669 e. The summed E-state index contributed by atoms with van der Waals surface area (Å²) < 4.78 is 0. The van der Waals surface area contributed by atoms with Gasteiger partial charge in [-0.05, 0) is 44.1 Å². The van der Waals surface area contributed by atoms with Crippen molar-refractivity contribution in [3.63, 3.8) is 0 Å². The Morgan fingerprint density at radius 3 is 2.50 bits per heavy atom. The highest BCUT2D eigenvalue weighted by atomic mass is 16.3. The largest absolute Gasteiger partial charge is 0.396 e. The Morgan fingerprint density at radius 2 is 1.78 bits per heavy atom. The molecule has 0 aromatic rings. The van der Waals surface area contributed by atoms with Crippen LogP contribution < -0.4 is 0 Å². The summed E-state index contributed by atoms with van der Waals surface area (Å²) in [5.74, 6) is 1.42. The quantitative estimate of drug-likeness (QED) is 0.763. The van der Waals surface area contributed by atoms with Crippen LogP contribution in [0.3, 0.4) is 0 Å². The first-order chi connectivity index (χ1) is 8.78. The van der Waals surface area contributed by atoms with Crippen LogP contribution in [0.15, 0.2) is 0 Å². The first kappa shape index (κ1) is 14.3. The second-order valence-corrected chi connectivity index (χ2v) is 6.32. The highest BCUT2D eigenvalue weighted by Gasteiger charge is 2.24. The lowest BCUT2D eigenvalue weighted by atomic mass is 9.94. The van der Waals surface area contributed by atoms with Crippen LogP contribution in [-0.2, 0) is 0 Å². The fraction of sp³-hybridized carbons (Fsp3) is 1.00. The van der Waals surface area contributed by atoms with Gasteiger partial charge in [0.2, 0.25) is 0 Å². The molecule has 0 bridgehead atoms. The first-order valence-corrected chi connectivity index (χ1v) is 7.79. The lowest BCUT2D eigenvalue weighted by Crippen LogP contribution is -2.40. The molecular weight excluding hydrogens is 226 g/mol. The second kappa shape index (κ2) is 7.46. The zero-order chi connectivity index (χ0) is 12.8. The number of hydrogen-bond acceptors (Lipinski definition) is 3. The molecule has 0 spiro atoms. The lowest BCUT2D eigenvalue weighted by Gasteiger charge is -2.34. The van der Waals surface area contributed by atoms with Gasteiger partial charge in [-0.3, -0.25) is 0 Å². The molecular formula is C15H29NO2. The number of rotatable bonds is 6. The van der Waals surface area contributed by atoms with Crippen LogP contribution in [-0.4, -0.2) is 47.5 Å². The van der Waals surface area contributed by atoms with Crippen LogP contribution in [0.2, 0.25) is 0 Å². The predicted molar refractivity (Wildman–Crippen MR) is 73.4 cm³/mol. The molecule has 18 heavy (non-hydrogen) atoms. The standard InChI is InChI=1S/C15H29NO2/c17-9-7-14-6-3-8-16(11-14)12-15(18)10-13-4-1-2-5-13/h13-15,17-18H,1-12H2. The summed E-state index contributed by atoms with van der Waals surface area (Å²) in [7, 11) is 0. The van der Waals surface area contributed by atoms with E-state index >= 15 is 0 Å². The van der Waals surface area contributed by atoms with Crippen LogP contribution in [0.5, 0.6) is 0 Å². The Balaban J connectivity index is 1.67. The SMILES string of the molecule is OCCC1CCCN(CC(O)CC2CCCC2)C1. The third kappa shape index (κ3) is 4.52. The van der Waals surface area contributed by atoms with Crippen LogP contribution in [0.25, 0.3) is 0 Å². The molecule has 106 valence electrons. The molecule has 2 unspecified atom stereocenters. The van der Waals surface area contributed by atoms with Crippen molar-refractivity contribution < 1.29 is 10.2 Å². The molecule has 0 radical (unpaired) electrons. The molecule has 2 atom stereocenters. The summed E-state index contributed by atoms with van der Waals surface area (Å²) in [5, 5.41) is 19.2. The number of nitrogens with zero attached hydrogens (tertiary/aromatic N) is 1. The Labute approximate surface area is 111 Å². The molecule has 0 amide bonds. The molecule has 2 N–H and O–H groups in total. The molecule has 1 aliphatic carbocycles. The number of likely N-dealkylation sites (tertiary alicyclic amines) is 1. The van der Waals surface area contributed by atoms with Gasteiger partial charge in [0, 0.05) is 19.7 Å². The summed E-state index contributed by atoms with van der Waals surface area (Å²) in [6, 6.07) is 0. The van der Waals surface area contributed by atoms with E-state index in [1.807, 2.05) is 0 Å². The Hall–Kier alpha value is -0.120. The monoisotopic (exact) mass is 255 g/mol. The van der Waals surface area contributed by atoms with Crippen molar-refractivity contribution in [2.45, 2.75) is 57.5 Å². The predicted octanol–water partition coefficient (Wildman–Crippen LogP) is 2.02. The number of piperidine rings is 1. The topological polar surface area (TPSA) is 43.7 Å². The highest BCUT2D eigenvalue weighted by molar-refractivity contribution is 4.77. The van der Waals surface area contributed by atoms with Gasteiger partial charge in [-0.1, -0.05) is 25.7 Å². The van der Waals surface area contributed by atoms with E-state index in [1.54, 1.807) is 0 Å². The molecule has 2 rings (SSSR count). The molecule has 3 nitrogen and oxygen atoms in total. The minimum atomic E-state index is -0.138. The minimum Gasteiger partial charge on any atom is -0.396 e. The molecule has 0 aromatic carbocycles. The summed E-state index contributed by atoms with van der Waals surface area (Å²) in [5.41, 5.74) is 0. The maximum atomic E-state index is 10.2. The van der Waals surface area contributed by atoms with Crippen LogP contribution >= 0.6 is 0 Å². The maximum absolute atomic E-state index is 10.2. The van der Waals surface area contributed by atoms with Crippen molar-refractivity contribution in [3.8, 4) is 0 Å². The average molecular weight is 255 g/mol. The molecule has 3 heteroatoms. The molecule has 1 saturated carbocycles. The van der Waals surface area contributed by atoms with E-state index in [1.165, 1.54) is 38.5 Å². The number of hydrogen-bond donors (Lipinski definition) is 2. The summed E-state index contributed by atoms with van der Waals surface area (Å²) in [4.78, 5) is 2.41. The summed E-state index contributed by atoms with van der Waals surface area (Å²) in [6.07, 6.45) is 9.63. The zero-order valence-corrected chi connectivity index (χ0v) is 11.6. The Morgan fingerprint density at radius 1 is 1.06 bits per heavy atom. The fourth-order valence-corrected chi connectivity index (χ4v) is 3.74. The van der Waals surface area contributed by atoms with Crippen LogP contribution in [0.1, 0.15) is 51.4 Å². The van der Waals surface area contributed by atoms with Crippen molar-refractivity contribution in [2.75, 3.05) is 26.2 Å². The maximum Gasteiger partial charge on any atom is 0.0669 e. The second-order valence-electron chi connectivity index (χ2n) is 6.32. The van der Waals surface area contributed by atoms with Gasteiger partial charge in [0.25, 0.3) is 0 Å². The normalized spacial score (nSPS) is 28.7. The molecule has 1 aliphatic heterocycles. The van der Waals surface area contributed by atoms with Crippen molar-refractivity contribution in [2.24, 2.45) is 11.8 Å². The Kier molecular flexibility index (Phi) is 5.93. The van der Waals surface area contributed by atoms with Gasteiger partial charge in [-0.15, -0.1) is 0 Å². The van der Waals surface area contributed by atoms with Gasteiger partial charge in [-0.25, -0.2) is 0 Å². The fourth-order valence-electron chi connectivity index (χ4n) is 3.74. The number of β-amino-alcohol motifs (C(OH)–C–C–N with tert-alkyl or cyclic N) is 1. The van der Waals surface area contributed by atoms with Crippen molar-refractivity contribution in [3.05, 3.63) is 0 Å². The van der Waals surface area contributed by atoms with E-state index in [2.05, 4.69) is 4.90 Å². The first-order valence-electron chi connectivity index (χ1n) is 7.79. The van der Waals surface area contributed by atoms with E-state index in [0.717, 1.165) is 38.4 Å². The van der Waals surface area contributed by atoms with Crippen molar-refractivity contribution >= 4 is 0 Å². The molecule has 1 saturated heterocycles. The zero-order valence-electron chi connectivity index (χ0n) is 11.6. The van der Waals surface area contributed by atoms with Gasteiger partial charge in [-0.2, -0.15) is 0 Å². The highest BCUT2D eigenvalue weighted by Crippen LogP contribution is 2.29. The third-order valence-corrected chi connectivity index (χ3v) is 4.69. The van der Waals surface area contributed by atoms with Gasteiger partial charge in [0.05, 0.1) is 6.10 Å². The van der Waals surface area contributed by atoms with Crippen LogP contribution in [0.4, 0.5) is 0 Å². The Bertz CT molecular complexity index is 227. The molecule has 1 heterocycles. The summed E-state index contributed by atoms with van der Waals surface area (Å²) >= 11 is 0. The van der Waals surface area contributed by atoms with Crippen LogP contribution in [0, 0.1) is 11.8 Å². The minimum absolute atomic E-state index is 0.138. The molecule has 2 aliphatic rings. The van der Waals surface area contributed by atoms with Crippen molar-refractivity contribution in [1.29, 1.82) is 0 Å². The third-order valence-electron chi connectivity index (χ3n) is 4.69. The number of aliphatic hydroxyl groups excluding tert-OH is 2. The molecule has 0 aromatic heterocycles. The van der Waals surface area contributed by atoms with E-state index in [9.17, 15) is 5.11 Å². The van der Waals surface area contributed by atoms with Gasteiger partial charge in [0.15, 0.2) is 0 Å². The number of aliphatic hydroxyl groups is 2. The van der Waals surface area contributed by atoms with E-state index in [-0.39, 0.29) is 6.10 Å². The van der Waals surface area contributed by atoms with E-state index < -0.39 is 0 Å². The summed E-state index contributed by atoms with van der Waals surface area (Å²) in [6.45, 7) is 3.35.